The Morgan fingerprint density at radius 3 is 2.25 bits per heavy atom. The quantitative estimate of drug-likeness (QED) is 0.584. The molecule has 1 rings (SSSR count). The summed E-state index contributed by atoms with van der Waals surface area (Å²) < 4.78 is 0. The van der Waals surface area contributed by atoms with E-state index in [0.717, 1.165) is 43.6 Å². The molecule has 118 valence electrons. The zero-order chi connectivity index (χ0) is 14.8. The Balaban J connectivity index is 0.00000400. The summed E-state index contributed by atoms with van der Waals surface area (Å²) in [5.41, 5.74) is 0. The average Bonchev–Trinajstić information content (AvgIpc) is 2.46. The van der Waals surface area contributed by atoms with Crippen molar-refractivity contribution in [2.45, 2.75) is 39.0 Å². The number of hydrogen-bond acceptors (Lipinski definition) is 5. The Morgan fingerprint density at radius 2 is 1.65 bits per heavy atom. The summed E-state index contributed by atoms with van der Waals surface area (Å²) in [5.74, 6) is 5.28. The lowest BCUT2D eigenvalue weighted by Gasteiger charge is -2.25. The lowest BCUT2D eigenvalue weighted by atomic mass is 9.81. The fourth-order valence-corrected chi connectivity index (χ4v) is 5.27. The molecule has 1 saturated carbocycles. The van der Waals surface area contributed by atoms with Crippen LogP contribution in [0.4, 0.5) is 0 Å². The first-order chi connectivity index (χ1) is 9.65. The molecule has 0 saturated heterocycles. The van der Waals surface area contributed by atoms with Crippen LogP contribution in [0.15, 0.2) is 0 Å². The predicted octanol–water partition coefficient (Wildman–Crippen LogP) is 4.37. The van der Waals surface area contributed by atoms with Gasteiger partial charge in [0.05, 0.1) is 0 Å². The van der Waals surface area contributed by atoms with Gasteiger partial charge in [-0.3, -0.25) is 9.59 Å². The highest BCUT2D eigenvalue weighted by atomic mass is 32.2. The van der Waals surface area contributed by atoms with Crippen LogP contribution in [-0.4, -0.2) is 40.2 Å². The molecule has 0 spiro atoms. The zero-order valence-electron chi connectivity index (χ0n) is 12.6. The molecule has 2 nitrogen and oxygen atoms in total. The second-order valence-electron chi connectivity index (χ2n) is 5.29. The van der Waals surface area contributed by atoms with Crippen LogP contribution in [0.1, 0.15) is 40.5 Å². The molecule has 0 atom stereocenters. The molecule has 0 amide bonds. The van der Waals surface area contributed by atoms with Gasteiger partial charge in [-0.05, 0) is 51.0 Å². The molecule has 0 radical (unpaired) electrons. The second kappa shape index (κ2) is 11.0. The summed E-state index contributed by atoms with van der Waals surface area (Å²) in [6, 6.07) is 0. The Labute approximate surface area is 137 Å². The summed E-state index contributed by atoms with van der Waals surface area (Å²) in [5, 5.41) is 0.362. The first-order valence-electron chi connectivity index (χ1n) is 7.39. The van der Waals surface area contributed by atoms with Crippen molar-refractivity contribution in [3.05, 3.63) is 0 Å². The maximum atomic E-state index is 12.1. The van der Waals surface area contributed by atoms with Gasteiger partial charge in [0.2, 0.25) is 0 Å². The van der Waals surface area contributed by atoms with Gasteiger partial charge in [-0.2, -0.15) is 23.5 Å². The van der Waals surface area contributed by atoms with Crippen molar-refractivity contribution in [3.8, 4) is 0 Å². The third-order valence-electron chi connectivity index (χ3n) is 3.74. The van der Waals surface area contributed by atoms with E-state index in [4.69, 9.17) is 0 Å². The van der Waals surface area contributed by atoms with Gasteiger partial charge >= 0.3 is 0 Å². The van der Waals surface area contributed by atoms with Crippen LogP contribution < -0.4 is 0 Å². The van der Waals surface area contributed by atoms with E-state index in [9.17, 15) is 9.59 Å². The minimum absolute atomic E-state index is 0. The molecule has 1 fully saturated rings. The molecule has 0 bridgehead atoms. The molecule has 1 aliphatic rings. The molecule has 0 aromatic rings. The lowest BCUT2D eigenvalue weighted by Crippen LogP contribution is -2.23. The highest BCUT2D eigenvalue weighted by Crippen LogP contribution is 2.32. The summed E-state index contributed by atoms with van der Waals surface area (Å²) in [7, 11) is 0. The Morgan fingerprint density at radius 1 is 1.00 bits per heavy atom. The third kappa shape index (κ3) is 7.41. The van der Waals surface area contributed by atoms with Crippen LogP contribution in [-0.2, 0) is 9.59 Å². The topological polar surface area (TPSA) is 34.1 Å². The molecule has 20 heavy (non-hydrogen) atoms. The van der Waals surface area contributed by atoms with Crippen LogP contribution in [0.3, 0.4) is 0 Å². The number of rotatable bonds is 9. The van der Waals surface area contributed by atoms with E-state index in [0.29, 0.717) is 10.9 Å². The highest BCUT2D eigenvalue weighted by molar-refractivity contribution is 8.13. The SMILES string of the molecule is CSCCSCCCSC(=O)C1CCC(C(C)=O)CC1.[HH]. The van der Waals surface area contributed by atoms with Crippen LogP contribution in [0.2, 0.25) is 0 Å². The van der Waals surface area contributed by atoms with Crippen molar-refractivity contribution >= 4 is 46.2 Å². The van der Waals surface area contributed by atoms with E-state index in [1.807, 2.05) is 23.5 Å². The van der Waals surface area contributed by atoms with Crippen molar-refractivity contribution in [2.75, 3.05) is 29.3 Å². The fraction of sp³-hybridized carbons (Fsp3) is 0.867. The monoisotopic (exact) mass is 336 g/mol. The number of hydrogen-bond donors (Lipinski definition) is 0. The Hall–Kier alpha value is 0.390. The zero-order valence-corrected chi connectivity index (χ0v) is 15.0. The largest absolute Gasteiger partial charge is 0.300 e. The minimum atomic E-state index is 0. The predicted molar refractivity (Wildman–Crippen MR) is 96.0 cm³/mol. The van der Waals surface area contributed by atoms with Crippen molar-refractivity contribution in [1.82, 2.24) is 0 Å². The van der Waals surface area contributed by atoms with E-state index in [1.54, 1.807) is 6.92 Å². The van der Waals surface area contributed by atoms with Gasteiger partial charge < -0.3 is 0 Å². The molecule has 0 heterocycles. The number of thioether (sulfide) groups is 3. The number of carbonyl (C=O) groups is 2. The molecule has 0 aliphatic heterocycles. The van der Waals surface area contributed by atoms with Gasteiger partial charge in [-0.15, -0.1) is 0 Å². The number of carbonyl (C=O) groups excluding carboxylic acids is 2. The van der Waals surface area contributed by atoms with Gasteiger partial charge in [0, 0.05) is 30.5 Å². The lowest BCUT2D eigenvalue weighted by molar-refractivity contribution is -0.123. The van der Waals surface area contributed by atoms with Gasteiger partial charge in [-0.25, -0.2) is 0 Å². The molecule has 0 unspecified atom stereocenters. The first-order valence-corrected chi connectivity index (χ1v) is 10.9. The Kier molecular flexibility index (Phi) is 10.2. The average molecular weight is 337 g/mol. The highest BCUT2D eigenvalue weighted by Gasteiger charge is 2.28. The second-order valence-corrected chi connectivity index (χ2v) is 8.60. The Bertz CT molecular complexity index is 305. The van der Waals surface area contributed by atoms with E-state index >= 15 is 0 Å². The molecule has 0 N–H and O–H groups in total. The molecule has 0 aromatic carbocycles. The molecular formula is C15H28O2S3. The van der Waals surface area contributed by atoms with Gasteiger partial charge in [0.1, 0.15) is 5.78 Å². The van der Waals surface area contributed by atoms with Crippen molar-refractivity contribution < 1.29 is 11.0 Å². The molecular weight excluding hydrogens is 308 g/mol. The van der Waals surface area contributed by atoms with E-state index in [1.165, 1.54) is 23.3 Å². The van der Waals surface area contributed by atoms with Crippen LogP contribution in [0.25, 0.3) is 0 Å². The van der Waals surface area contributed by atoms with Gasteiger partial charge in [-0.1, -0.05) is 11.8 Å². The van der Waals surface area contributed by atoms with Gasteiger partial charge in [0.25, 0.3) is 0 Å². The van der Waals surface area contributed by atoms with E-state index < -0.39 is 0 Å². The standard InChI is InChI=1S/C15H26O2S3.H2/c1-12(16)13-4-6-14(7-5-13)15(17)20-9-3-8-19-11-10-18-2;/h13-14H,3-11H2,1-2H3;1H. The molecule has 0 aromatic heterocycles. The van der Waals surface area contributed by atoms with Crippen LogP contribution in [0, 0.1) is 11.8 Å². The summed E-state index contributed by atoms with van der Waals surface area (Å²) in [4.78, 5) is 23.4. The van der Waals surface area contributed by atoms with E-state index in [-0.39, 0.29) is 13.3 Å². The molecule has 1 aliphatic carbocycles. The maximum Gasteiger partial charge on any atom is 0.192 e. The third-order valence-corrected chi connectivity index (χ3v) is 6.80. The normalized spacial score (nSPS) is 22.7. The first kappa shape index (κ1) is 18.4. The van der Waals surface area contributed by atoms with Crippen LogP contribution >= 0.6 is 35.3 Å². The summed E-state index contributed by atoms with van der Waals surface area (Å²) in [6.07, 6.45) is 6.92. The summed E-state index contributed by atoms with van der Waals surface area (Å²) >= 11 is 5.39. The van der Waals surface area contributed by atoms with Crippen molar-refractivity contribution in [3.63, 3.8) is 0 Å². The molecule has 5 heteroatoms. The minimum Gasteiger partial charge on any atom is -0.300 e. The fourth-order valence-electron chi connectivity index (χ4n) is 2.43. The number of ketones is 1. The van der Waals surface area contributed by atoms with E-state index in [2.05, 4.69) is 6.26 Å². The maximum absolute atomic E-state index is 12.1. The van der Waals surface area contributed by atoms with Crippen molar-refractivity contribution in [1.29, 1.82) is 0 Å². The number of Topliss-reactive ketones (excluding diaryl/α,β-unsaturated/α-hetero) is 1. The smallest absolute Gasteiger partial charge is 0.192 e. The summed E-state index contributed by atoms with van der Waals surface area (Å²) in [6.45, 7) is 1.68. The van der Waals surface area contributed by atoms with Gasteiger partial charge in [0.15, 0.2) is 5.12 Å². The van der Waals surface area contributed by atoms with Crippen LogP contribution in [0.5, 0.6) is 0 Å². The van der Waals surface area contributed by atoms with Crippen molar-refractivity contribution in [2.24, 2.45) is 11.8 Å².